The maximum absolute atomic E-state index is 13.6. The summed E-state index contributed by atoms with van der Waals surface area (Å²) in [5.74, 6) is 1.46. The molecule has 0 spiro atoms. The first-order valence-corrected chi connectivity index (χ1v) is 14.2. The Balaban J connectivity index is 1.26. The fraction of sp³-hybridized carbons (Fsp3) is 0.516. The Hall–Kier alpha value is -3.77. The van der Waals surface area contributed by atoms with E-state index in [0.29, 0.717) is 31.0 Å². The summed E-state index contributed by atoms with van der Waals surface area (Å²) in [6.07, 6.45) is 7.45. The Morgan fingerprint density at radius 1 is 1.23 bits per heavy atom. The molecule has 2 aliphatic carbocycles. The predicted molar refractivity (Wildman–Crippen MR) is 151 cm³/mol. The number of carbonyl (C=O) groups excluding carboxylic acids is 1. The Morgan fingerprint density at radius 2 is 2.02 bits per heavy atom. The first-order valence-electron chi connectivity index (χ1n) is 14.2. The molecule has 1 amide bonds. The predicted octanol–water partition coefficient (Wildman–Crippen LogP) is 4.58. The Kier molecular flexibility index (Phi) is 6.42. The highest BCUT2D eigenvalue weighted by Gasteiger charge is 2.46. The van der Waals surface area contributed by atoms with Gasteiger partial charge in [0.2, 0.25) is 0 Å². The highest BCUT2D eigenvalue weighted by molar-refractivity contribution is 6.03. The van der Waals surface area contributed by atoms with E-state index >= 15 is 0 Å². The van der Waals surface area contributed by atoms with E-state index in [1.54, 1.807) is 6.33 Å². The van der Waals surface area contributed by atoms with E-state index in [9.17, 15) is 10.1 Å². The Morgan fingerprint density at radius 3 is 2.70 bits per heavy atom. The highest BCUT2D eigenvalue weighted by Crippen LogP contribution is 2.50. The quantitative estimate of drug-likeness (QED) is 0.430. The van der Waals surface area contributed by atoms with Gasteiger partial charge in [-0.15, -0.1) is 10.2 Å². The number of hydrogen-bond donors (Lipinski definition) is 2. The van der Waals surface area contributed by atoms with Crippen molar-refractivity contribution in [2.45, 2.75) is 82.2 Å². The van der Waals surface area contributed by atoms with Crippen LogP contribution in [-0.4, -0.2) is 37.8 Å². The molecular weight excluding hydrogens is 502 g/mol. The van der Waals surface area contributed by atoms with E-state index in [4.69, 9.17) is 9.72 Å². The number of benzene rings is 1. The van der Waals surface area contributed by atoms with Crippen LogP contribution in [0.15, 0.2) is 36.7 Å². The summed E-state index contributed by atoms with van der Waals surface area (Å²) in [4.78, 5) is 18.4. The topological polar surface area (TPSA) is 118 Å². The average Bonchev–Trinajstić information content (AvgIpc) is 3.44. The van der Waals surface area contributed by atoms with Crippen LogP contribution in [-0.2, 0) is 30.8 Å². The lowest BCUT2D eigenvalue weighted by molar-refractivity contribution is 0.102. The van der Waals surface area contributed by atoms with Crippen molar-refractivity contribution in [2.24, 2.45) is 13.0 Å². The third-order valence-corrected chi connectivity index (χ3v) is 9.16. The molecule has 40 heavy (non-hydrogen) atoms. The van der Waals surface area contributed by atoms with E-state index < -0.39 is 0 Å². The number of fused-ring (bicyclic) bond motifs is 1. The van der Waals surface area contributed by atoms with Crippen LogP contribution in [0.25, 0.3) is 0 Å². The van der Waals surface area contributed by atoms with E-state index in [1.165, 1.54) is 6.42 Å². The van der Waals surface area contributed by atoms with E-state index in [1.807, 2.05) is 35.9 Å². The van der Waals surface area contributed by atoms with Gasteiger partial charge in [0, 0.05) is 53.6 Å². The maximum atomic E-state index is 13.6. The number of pyridine rings is 1. The lowest BCUT2D eigenvalue weighted by Crippen LogP contribution is -2.47. The molecule has 3 aliphatic rings. The molecule has 2 fully saturated rings. The fourth-order valence-corrected chi connectivity index (χ4v) is 6.32. The molecule has 0 saturated heterocycles. The van der Waals surface area contributed by atoms with Crippen molar-refractivity contribution in [1.82, 2.24) is 25.1 Å². The van der Waals surface area contributed by atoms with Gasteiger partial charge >= 0.3 is 0 Å². The fourth-order valence-electron chi connectivity index (χ4n) is 6.32. The molecule has 9 heteroatoms. The lowest BCUT2D eigenvalue weighted by Gasteiger charge is -2.45. The van der Waals surface area contributed by atoms with Gasteiger partial charge in [0.25, 0.3) is 5.91 Å². The summed E-state index contributed by atoms with van der Waals surface area (Å²) in [5.41, 5.74) is 3.65. The van der Waals surface area contributed by atoms with Crippen LogP contribution in [0.3, 0.4) is 0 Å². The average molecular weight is 540 g/mol. The van der Waals surface area contributed by atoms with Crippen LogP contribution in [0, 0.1) is 17.2 Å². The molecule has 9 nitrogen and oxygen atoms in total. The van der Waals surface area contributed by atoms with Gasteiger partial charge in [0.15, 0.2) is 0 Å². The van der Waals surface area contributed by atoms with Crippen LogP contribution < -0.4 is 15.4 Å². The van der Waals surface area contributed by atoms with E-state index in [0.717, 1.165) is 54.1 Å². The van der Waals surface area contributed by atoms with Crippen LogP contribution in [0.4, 0.5) is 5.69 Å². The second-order valence-corrected chi connectivity index (χ2v) is 12.9. The zero-order chi connectivity index (χ0) is 28.1. The minimum atomic E-state index is -0.269. The number of hydrogen-bond acceptors (Lipinski definition) is 7. The number of nitriles is 1. The number of aromatic nitrogens is 4. The number of rotatable bonds is 8. The zero-order valence-electron chi connectivity index (χ0n) is 23.8. The molecule has 0 unspecified atom stereocenters. The van der Waals surface area contributed by atoms with Crippen LogP contribution in [0.5, 0.6) is 5.75 Å². The SMILES string of the molecule is Cn1cnnc1CC1(c2cccc(NC(=O)c3cc(CNC4(C)CCC4)c4c(n3)C(C)(C)CO4)c2)CC(C#N)C1. The Labute approximate surface area is 235 Å². The third-order valence-electron chi connectivity index (χ3n) is 9.16. The van der Waals surface area contributed by atoms with Crippen molar-refractivity contribution >= 4 is 11.6 Å². The molecule has 6 rings (SSSR count). The first-order chi connectivity index (χ1) is 19.1. The van der Waals surface area contributed by atoms with E-state index in [2.05, 4.69) is 53.7 Å². The molecule has 3 aromatic rings. The lowest BCUT2D eigenvalue weighted by atomic mass is 9.57. The van der Waals surface area contributed by atoms with Gasteiger partial charge in [0.05, 0.1) is 18.4 Å². The van der Waals surface area contributed by atoms with E-state index in [-0.39, 0.29) is 28.2 Å². The number of nitrogens with zero attached hydrogens (tertiary/aromatic N) is 5. The smallest absolute Gasteiger partial charge is 0.274 e. The zero-order valence-corrected chi connectivity index (χ0v) is 23.8. The largest absolute Gasteiger partial charge is 0.490 e. The van der Waals surface area contributed by atoms with Crippen LogP contribution in [0.2, 0.25) is 0 Å². The van der Waals surface area contributed by atoms with Gasteiger partial charge in [-0.3, -0.25) is 4.79 Å². The van der Waals surface area contributed by atoms with Crippen LogP contribution >= 0.6 is 0 Å². The summed E-state index contributed by atoms with van der Waals surface area (Å²) in [5, 5.41) is 24.6. The normalized spacial score (nSPS) is 23.7. The molecule has 3 heterocycles. The second kappa shape index (κ2) is 9.70. The third kappa shape index (κ3) is 4.75. The molecule has 1 aromatic carbocycles. The van der Waals surface area contributed by atoms with Crippen molar-refractivity contribution in [3.05, 3.63) is 65.0 Å². The number of ether oxygens (including phenoxy) is 1. The minimum Gasteiger partial charge on any atom is -0.490 e. The monoisotopic (exact) mass is 539 g/mol. The molecule has 2 saturated carbocycles. The summed E-state index contributed by atoms with van der Waals surface area (Å²) in [6.45, 7) is 7.64. The number of aryl methyl sites for hydroxylation is 1. The second-order valence-electron chi connectivity index (χ2n) is 12.9. The van der Waals surface area contributed by atoms with Crippen LogP contribution in [0.1, 0.15) is 86.0 Å². The first kappa shape index (κ1) is 26.5. The van der Waals surface area contributed by atoms with Gasteiger partial charge in [-0.2, -0.15) is 5.26 Å². The van der Waals surface area contributed by atoms with Gasteiger partial charge in [0.1, 0.15) is 23.6 Å². The van der Waals surface area contributed by atoms with Gasteiger partial charge in [-0.25, -0.2) is 4.98 Å². The summed E-state index contributed by atoms with van der Waals surface area (Å²) in [6, 6.07) is 12.3. The summed E-state index contributed by atoms with van der Waals surface area (Å²) in [7, 11) is 1.94. The number of nitrogens with one attached hydrogen (secondary N) is 2. The van der Waals surface area contributed by atoms with Gasteiger partial charge < -0.3 is 19.9 Å². The molecule has 1 aliphatic heterocycles. The highest BCUT2D eigenvalue weighted by atomic mass is 16.5. The molecule has 0 radical (unpaired) electrons. The standard InChI is InChI=1S/C31H37N7O2/c1-29(2)18-40-26-21(17-33-30(3)9-6-10-30)11-24(36-27(26)29)28(39)35-23-8-5-7-22(12-23)31(13-20(14-31)16-32)15-25-37-34-19-38(25)4/h5,7-8,11-12,19-20,33H,6,9-10,13-15,17-18H2,1-4H3,(H,35,39). The summed E-state index contributed by atoms with van der Waals surface area (Å²) >= 11 is 0. The molecular formula is C31H37N7O2. The van der Waals surface area contributed by atoms with Crippen molar-refractivity contribution < 1.29 is 9.53 Å². The minimum absolute atomic E-state index is 0.0156. The summed E-state index contributed by atoms with van der Waals surface area (Å²) < 4.78 is 8.01. The van der Waals surface area contributed by atoms with Crippen molar-refractivity contribution in [1.29, 1.82) is 5.26 Å². The number of carbonyl (C=O) groups is 1. The van der Waals surface area contributed by atoms with Crippen molar-refractivity contribution in [3.63, 3.8) is 0 Å². The molecule has 0 atom stereocenters. The molecule has 2 N–H and O–H groups in total. The Bertz CT molecular complexity index is 1490. The maximum Gasteiger partial charge on any atom is 0.274 e. The number of anilines is 1. The van der Waals surface area contributed by atoms with Crippen molar-refractivity contribution in [3.8, 4) is 11.8 Å². The van der Waals surface area contributed by atoms with Gasteiger partial charge in [-0.1, -0.05) is 26.0 Å². The van der Waals surface area contributed by atoms with Crippen molar-refractivity contribution in [2.75, 3.05) is 11.9 Å². The number of amides is 1. The molecule has 2 aromatic heterocycles. The molecule has 208 valence electrons. The van der Waals surface area contributed by atoms with Gasteiger partial charge in [-0.05, 0) is 62.8 Å². The molecule has 0 bridgehead atoms.